The first-order valence-corrected chi connectivity index (χ1v) is 4.38. The van der Waals surface area contributed by atoms with Crippen molar-refractivity contribution in [3.63, 3.8) is 0 Å². The quantitative estimate of drug-likeness (QED) is 0.842. The molecule has 0 aliphatic carbocycles. The van der Waals surface area contributed by atoms with Crippen LogP contribution in [-0.2, 0) is 6.54 Å². The minimum atomic E-state index is -1.16. The van der Waals surface area contributed by atoms with Crippen molar-refractivity contribution in [2.75, 3.05) is 6.67 Å². The van der Waals surface area contributed by atoms with Crippen molar-refractivity contribution in [1.29, 1.82) is 0 Å². The molecule has 0 fully saturated rings. The molecule has 1 atom stereocenters. The SMILES string of the molecule is O=c1c(Br)cncn1CC(O)CF. The number of alkyl halides is 1. The number of hydrogen-bond donors (Lipinski definition) is 1. The van der Waals surface area contributed by atoms with Crippen LogP contribution in [-0.4, -0.2) is 27.4 Å². The van der Waals surface area contributed by atoms with Crippen molar-refractivity contribution in [1.82, 2.24) is 9.55 Å². The predicted octanol–water partition coefficient (Wildman–Crippen LogP) is 0.336. The summed E-state index contributed by atoms with van der Waals surface area (Å²) in [6, 6.07) is 0. The molecule has 1 aromatic heterocycles. The van der Waals surface area contributed by atoms with E-state index < -0.39 is 12.8 Å². The smallest absolute Gasteiger partial charge is 0.267 e. The molecule has 0 radical (unpaired) electrons. The van der Waals surface area contributed by atoms with Crippen LogP contribution in [0.1, 0.15) is 0 Å². The van der Waals surface area contributed by atoms with Crippen LogP contribution in [0.25, 0.3) is 0 Å². The third kappa shape index (κ3) is 2.60. The van der Waals surface area contributed by atoms with E-state index in [4.69, 9.17) is 5.11 Å². The first kappa shape index (κ1) is 10.3. The summed E-state index contributed by atoms with van der Waals surface area (Å²) in [5.41, 5.74) is -0.331. The maximum Gasteiger partial charge on any atom is 0.267 e. The Morgan fingerprint density at radius 3 is 3.08 bits per heavy atom. The van der Waals surface area contributed by atoms with E-state index >= 15 is 0 Å². The van der Waals surface area contributed by atoms with Crippen LogP contribution in [0, 0.1) is 0 Å². The first-order valence-electron chi connectivity index (χ1n) is 3.59. The van der Waals surface area contributed by atoms with Crippen LogP contribution in [0.5, 0.6) is 0 Å². The molecule has 0 amide bonds. The van der Waals surface area contributed by atoms with Crippen molar-refractivity contribution < 1.29 is 9.50 Å². The molecule has 6 heteroatoms. The number of aliphatic hydroxyl groups excluding tert-OH is 1. The van der Waals surface area contributed by atoms with Gasteiger partial charge in [0.2, 0.25) is 0 Å². The Hall–Kier alpha value is -0.750. The second kappa shape index (κ2) is 4.48. The monoisotopic (exact) mass is 250 g/mol. The molecule has 13 heavy (non-hydrogen) atoms. The van der Waals surface area contributed by atoms with Gasteiger partial charge in [-0.25, -0.2) is 9.37 Å². The Morgan fingerprint density at radius 1 is 1.77 bits per heavy atom. The van der Waals surface area contributed by atoms with E-state index in [1.54, 1.807) is 0 Å². The van der Waals surface area contributed by atoms with Gasteiger partial charge in [-0.3, -0.25) is 9.36 Å². The van der Waals surface area contributed by atoms with Gasteiger partial charge >= 0.3 is 0 Å². The van der Waals surface area contributed by atoms with E-state index in [2.05, 4.69) is 20.9 Å². The molecule has 72 valence electrons. The maximum atomic E-state index is 11.9. The van der Waals surface area contributed by atoms with E-state index in [1.807, 2.05) is 0 Å². The lowest BCUT2D eigenvalue weighted by Gasteiger charge is -2.07. The lowest BCUT2D eigenvalue weighted by Crippen LogP contribution is -2.28. The van der Waals surface area contributed by atoms with Crippen LogP contribution in [0.15, 0.2) is 21.8 Å². The number of nitrogens with zero attached hydrogens (tertiary/aromatic N) is 2. The van der Waals surface area contributed by atoms with Gasteiger partial charge in [-0.15, -0.1) is 0 Å². The van der Waals surface area contributed by atoms with Gasteiger partial charge in [0.05, 0.1) is 12.9 Å². The highest BCUT2D eigenvalue weighted by Crippen LogP contribution is 1.98. The Kier molecular flexibility index (Phi) is 3.56. The van der Waals surface area contributed by atoms with Crippen LogP contribution in [0.4, 0.5) is 4.39 Å². The fraction of sp³-hybridized carbons (Fsp3) is 0.429. The molecular formula is C7H8BrFN2O2. The van der Waals surface area contributed by atoms with Gasteiger partial charge < -0.3 is 5.11 Å². The standard InChI is InChI=1S/C7H8BrFN2O2/c8-6-2-10-4-11(7(6)13)3-5(12)1-9/h2,4-5,12H,1,3H2. The van der Waals surface area contributed by atoms with Crippen molar-refractivity contribution in [3.05, 3.63) is 27.4 Å². The van der Waals surface area contributed by atoms with E-state index in [0.29, 0.717) is 4.47 Å². The number of halogens is 2. The lowest BCUT2D eigenvalue weighted by molar-refractivity contribution is 0.120. The number of hydrogen-bond acceptors (Lipinski definition) is 3. The zero-order valence-electron chi connectivity index (χ0n) is 6.65. The molecule has 4 nitrogen and oxygen atoms in total. The first-order chi connectivity index (χ1) is 6.15. The van der Waals surface area contributed by atoms with Gasteiger partial charge in [0.25, 0.3) is 5.56 Å². The highest BCUT2D eigenvalue weighted by Gasteiger charge is 2.06. The molecule has 0 saturated carbocycles. The number of aromatic nitrogens is 2. The largest absolute Gasteiger partial charge is 0.389 e. The van der Waals surface area contributed by atoms with Crippen molar-refractivity contribution in [2.24, 2.45) is 0 Å². The van der Waals surface area contributed by atoms with E-state index in [9.17, 15) is 9.18 Å². The average molecular weight is 251 g/mol. The molecule has 1 heterocycles. The summed E-state index contributed by atoms with van der Waals surface area (Å²) >= 11 is 2.99. The minimum absolute atomic E-state index is 0.0816. The van der Waals surface area contributed by atoms with E-state index in [1.165, 1.54) is 12.5 Å². The maximum absolute atomic E-state index is 11.9. The van der Waals surface area contributed by atoms with Gasteiger partial charge in [-0.05, 0) is 15.9 Å². The summed E-state index contributed by atoms with van der Waals surface area (Å²) in [5.74, 6) is 0. The normalized spacial score (nSPS) is 12.8. The summed E-state index contributed by atoms with van der Waals surface area (Å²) in [5, 5.41) is 8.95. The van der Waals surface area contributed by atoms with Gasteiger partial charge in [-0.1, -0.05) is 0 Å². The molecule has 0 aliphatic rings. The van der Waals surface area contributed by atoms with Crippen molar-refractivity contribution >= 4 is 15.9 Å². The Morgan fingerprint density at radius 2 is 2.46 bits per heavy atom. The average Bonchev–Trinajstić information content (AvgIpc) is 2.13. The fourth-order valence-corrected chi connectivity index (χ4v) is 1.18. The molecule has 1 rings (SSSR count). The molecule has 0 spiro atoms. The number of aliphatic hydroxyl groups is 1. The molecular weight excluding hydrogens is 243 g/mol. The van der Waals surface area contributed by atoms with Crippen LogP contribution >= 0.6 is 15.9 Å². The van der Waals surface area contributed by atoms with Crippen LogP contribution in [0.3, 0.4) is 0 Å². The Balaban J connectivity index is 2.89. The van der Waals surface area contributed by atoms with Gasteiger partial charge in [0.1, 0.15) is 17.3 Å². The van der Waals surface area contributed by atoms with Crippen LogP contribution in [0.2, 0.25) is 0 Å². The number of rotatable bonds is 3. The second-order valence-corrected chi connectivity index (χ2v) is 3.36. The lowest BCUT2D eigenvalue weighted by atomic mass is 10.4. The third-order valence-corrected chi connectivity index (χ3v) is 1.99. The molecule has 0 aliphatic heterocycles. The summed E-state index contributed by atoms with van der Waals surface area (Å²) in [7, 11) is 0. The predicted molar refractivity (Wildman–Crippen MR) is 48.2 cm³/mol. The summed E-state index contributed by atoms with van der Waals surface area (Å²) in [6.45, 7) is -0.958. The Bertz CT molecular complexity index is 342. The van der Waals surface area contributed by atoms with Gasteiger partial charge in [0, 0.05) is 6.20 Å². The van der Waals surface area contributed by atoms with Crippen molar-refractivity contribution in [3.8, 4) is 0 Å². The summed E-state index contributed by atoms with van der Waals surface area (Å²) < 4.78 is 13.3. The zero-order valence-corrected chi connectivity index (χ0v) is 8.24. The highest BCUT2D eigenvalue weighted by atomic mass is 79.9. The highest BCUT2D eigenvalue weighted by molar-refractivity contribution is 9.10. The summed E-state index contributed by atoms with van der Waals surface area (Å²) in [4.78, 5) is 15.0. The van der Waals surface area contributed by atoms with Gasteiger partial charge in [0.15, 0.2) is 0 Å². The molecule has 1 N–H and O–H groups in total. The minimum Gasteiger partial charge on any atom is -0.389 e. The second-order valence-electron chi connectivity index (χ2n) is 2.51. The molecule has 1 aromatic rings. The fourth-order valence-electron chi connectivity index (χ4n) is 0.830. The Labute approximate surface area is 82.2 Å². The molecule has 0 aromatic carbocycles. The summed E-state index contributed by atoms with van der Waals surface area (Å²) in [6.07, 6.45) is 1.45. The van der Waals surface area contributed by atoms with Crippen LogP contribution < -0.4 is 5.56 Å². The third-order valence-electron chi connectivity index (χ3n) is 1.44. The van der Waals surface area contributed by atoms with E-state index in [-0.39, 0.29) is 12.1 Å². The topological polar surface area (TPSA) is 55.1 Å². The van der Waals surface area contributed by atoms with E-state index in [0.717, 1.165) is 4.57 Å². The van der Waals surface area contributed by atoms with Crippen molar-refractivity contribution in [2.45, 2.75) is 12.6 Å². The molecule has 0 bridgehead atoms. The zero-order chi connectivity index (χ0) is 9.84. The van der Waals surface area contributed by atoms with Gasteiger partial charge in [-0.2, -0.15) is 0 Å². The molecule has 1 unspecified atom stereocenters. The molecule has 0 saturated heterocycles.